The molecule has 0 aliphatic carbocycles. The Bertz CT molecular complexity index is 669. The minimum absolute atomic E-state index is 0.0655. The molecule has 0 bridgehead atoms. The number of carbonyl (C=O) groups is 2. The molecule has 0 saturated heterocycles. The summed E-state index contributed by atoms with van der Waals surface area (Å²) in [6.07, 6.45) is -0.695. The predicted molar refractivity (Wildman–Crippen MR) is 90.6 cm³/mol. The Balaban J connectivity index is 3.28. The van der Waals surface area contributed by atoms with Crippen LogP contribution in [0.1, 0.15) is 55.3 Å². The molecule has 1 rings (SSSR count). The number of hydrogen-bond donors (Lipinski definition) is 1. The summed E-state index contributed by atoms with van der Waals surface area (Å²) >= 11 is 0. The second-order valence-corrected chi connectivity index (χ2v) is 7.72. The summed E-state index contributed by atoms with van der Waals surface area (Å²) in [5, 5.41) is 0. The fourth-order valence-electron chi connectivity index (χ4n) is 1.74. The molecule has 0 fully saturated rings. The van der Waals surface area contributed by atoms with E-state index < -0.39 is 22.0 Å². The van der Waals surface area contributed by atoms with Crippen molar-refractivity contribution in [1.82, 2.24) is 0 Å². The van der Waals surface area contributed by atoms with E-state index in [1.165, 1.54) is 25.1 Å². The third kappa shape index (κ3) is 6.19. The van der Waals surface area contributed by atoms with Crippen LogP contribution in [0.4, 0.5) is 5.69 Å². The second-order valence-electron chi connectivity index (χ2n) is 5.71. The van der Waals surface area contributed by atoms with Gasteiger partial charge in [0.15, 0.2) is 0 Å². The van der Waals surface area contributed by atoms with Crippen molar-refractivity contribution in [1.29, 1.82) is 0 Å². The van der Waals surface area contributed by atoms with Gasteiger partial charge in [0.05, 0.1) is 34.8 Å². The number of rotatable bonds is 7. The smallest absolute Gasteiger partial charge is 0.338 e. The van der Waals surface area contributed by atoms with Crippen LogP contribution in [-0.4, -0.2) is 38.3 Å². The van der Waals surface area contributed by atoms with Gasteiger partial charge in [0.1, 0.15) is 0 Å². The van der Waals surface area contributed by atoms with E-state index in [4.69, 9.17) is 9.47 Å². The summed E-state index contributed by atoms with van der Waals surface area (Å²) in [6, 6.07) is 3.97. The number of ether oxygens (including phenoxy) is 2. The molecule has 1 aromatic rings. The predicted octanol–water partition coefficient (Wildman–Crippen LogP) is 2.58. The Hall–Kier alpha value is -2.09. The summed E-state index contributed by atoms with van der Waals surface area (Å²) in [4.78, 5) is 24.2. The van der Waals surface area contributed by atoms with Gasteiger partial charge in [-0.05, 0) is 52.8 Å². The first-order valence-electron chi connectivity index (χ1n) is 7.61. The molecule has 0 aromatic heterocycles. The molecular weight excluding hydrogens is 334 g/mol. The number of benzene rings is 1. The molecule has 0 aliphatic rings. The maximum Gasteiger partial charge on any atom is 0.338 e. The van der Waals surface area contributed by atoms with Gasteiger partial charge in [0.25, 0.3) is 0 Å². The second kappa shape index (κ2) is 8.14. The standard InChI is InChI=1S/C16H23NO6S/c1-6-24(20,21)17-14-8-12(15(18)22-10(2)3)7-13(9-14)16(19)23-11(4)5/h7-11,17H,6H2,1-5H3. The molecule has 1 aromatic carbocycles. The third-order valence-electron chi connectivity index (χ3n) is 2.74. The molecule has 0 radical (unpaired) electrons. The van der Waals surface area contributed by atoms with Crippen LogP contribution in [0.2, 0.25) is 0 Å². The molecule has 8 heteroatoms. The quantitative estimate of drug-likeness (QED) is 0.753. The minimum atomic E-state index is -3.56. The zero-order valence-corrected chi connectivity index (χ0v) is 15.3. The van der Waals surface area contributed by atoms with E-state index in [-0.39, 0.29) is 34.8 Å². The van der Waals surface area contributed by atoms with Crippen LogP contribution in [0.5, 0.6) is 0 Å². The Kier molecular flexibility index (Phi) is 6.77. The SMILES string of the molecule is CCS(=O)(=O)Nc1cc(C(=O)OC(C)C)cc(C(=O)OC(C)C)c1. The maximum atomic E-state index is 12.1. The number of anilines is 1. The Labute approximate surface area is 142 Å². The molecule has 0 atom stereocenters. The number of esters is 2. The first-order valence-corrected chi connectivity index (χ1v) is 9.26. The fraction of sp³-hybridized carbons (Fsp3) is 0.500. The number of nitrogens with one attached hydrogen (secondary N) is 1. The lowest BCUT2D eigenvalue weighted by molar-refractivity contribution is 0.0377. The molecular formula is C16H23NO6S. The minimum Gasteiger partial charge on any atom is -0.459 e. The van der Waals surface area contributed by atoms with E-state index in [1.54, 1.807) is 27.7 Å². The van der Waals surface area contributed by atoms with Gasteiger partial charge in [-0.2, -0.15) is 0 Å². The van der Waals surface area contributed by atoms with Crippen molar-refractivity contribution in [2.45, 2.75) is 46.8 Å². The van der Waals surface area contributed by atoms with Crippen molar-refractivity contribution < 1.29 is 27.5 Å². The Morgan fingerprint density at radius 2 is 1.38 bits per heavy atom. The Morgan fingerprint density at radius 3 is 1.71 bits per heavy atom. The lowest BCUT2D eigenvalue weighted by atomic mass is 10.1. The summed E-state index contributed by atoms with van der Waals surface area (Å²) < 4.78 is 36.0. The summed E-state index contributed by atoms with van der Waals surface area (Å²) in [6.45, 7) is 8.24. The molecule has 0 unspecified atom stereocenters. The molecule has 134 valence electrons. The van der Waals surface area contributed by atoms with Crippen molar-refractivity contribution in [3.63, 3.8) is 0 Å². The van der Waals surface area contributed by atoms with E-state index in [0.29, 0.717) is 0 Å². The number of carbonyl (C=O) groups excluding carboxylic acids is 2. The van der Waals surface area contributed by atoms with Crippen molar-refractivity contribution in [3.05, 3.63) is 29.3 Å². The Morgan fingerprint density at radius 1 is 0.958 bits per heavy atom. The summed E-state index contributed by atoms with van der Waals surface area (Å²) in [5.74, 6) is -1.44. The van der Waals surface area contributed by atoms with Crippen LogP contribution >= 0.6 is 0 Å². The van der Waals surface area contributed by atoms with E-state index in [0.717, 1.165) is 0 Å². The van der Waals surface area contributed by atoms with Crippen LogP contribution in [0.3, 0.4) is 0 Å². The molecule has 0 amide bonds. The van der Waals surface area contributed by atoms with Crippen LogP contribution in [0, 0.1) is 0 Å². The van der Waals surface area contributed by atoms with Gasteiger partial charge < -0.3 is 9.47 Å². The van der Waals surface area contributed by atoms with E-state index in [9.17, 15) is 18.0 Å². The van der Waals surface area contributed by atoms with E-state index >= 15 is 0 Å². The van der Waals surface area contributed by atoms with Crippen molar-refractivity contribution >= 4 is 27.6 Å². The van der Waals surface area contributed by atoms with Gasteiger partial charge >= 0.3 is 11.9 Å². The van der Waals surface area contributed by atoms with Gasteiger partial charge in [-0.15, -0.1) is 0 Å². The highest BCUT2D eigenvalue weighted by Crippen LogP contribution is 2.19. The van der Waals surface area contributed by atoms with E-state index in [2.05, 4.69) is 4.72 Å². The zero-order chi connectivity index (χ0) is 18.5. The van der Waals surface area contributed by atoms with Gasteiger partial charge in [-0.1, -0.05) is 0 Å². The van der Waals surface area contributed by atoms with Crippen LogP contribution < -0.4 is 4.72 Å². The zero-order valence-electron chi connectivity index (χ0n) is 14.5. The van der Waals surface area contributed by atoms with Crippen LogP contribution in [-0.2, 0) is 19.5 Å². The molecule has 0 spiro atoms. The van der Waals surface area contributed by atoms with E-state index in [1.807, 2.05) is 0 Å². The number of sulfonamides is 1. The maximum absolute atomic E-state index is 12.1. The monoisotopic (exact) mass is 357 g/mol. The normalized spacial score (nSPS) is 11.5. The molecule has 1 N–H and O–H groups in total. The van der Waals surface area contributed by atoms with Gasteiger partial charge in [-0.3, -0.25) is 4.72 Å². The lowest BCUT2D eigenvalue weighted by Crippen LogP contribution is -2.18. The average Bonchev–Trinajstić information content (AvgIpc) is 2.45. The topological polar surface area (TPSA) is 98.8 Å². The number of hydrogen-bond acceptors (Lipinski definition) is 6. The molecule has 7 nitrogen and oxygen atoms in total. The van der Waals surface area contributed by atoms with Crippen molar-refractivity contribution in [2.75, 3.05) is 10.5 Å². The van der Waals surface area contributed by atoms with Crippen molar-refractivity contribution in [3.8, 4) is 0 Å². The molecule has 0 aliphatic heterocycles. The summed E-state index contributed by atoms with van der Waals surface area (Å²) in [7, 11) is -3.56. The van der Waals surface area contributed by atoms with Gasteiger partial charge in [-0.25, -0.2) is 18.0 Å². The fourth-order valence-corrected chi connectivity index (χ4v) is 2.36. The highest BCUT2D eigenvalue weighted by atomic mass is 32.2. The van der Waals surface area contributed by atoms with Crippen LogP contribution in [0.15, 0.2) is 18.2 Å². The summed E-state index contributed by atoms with van der Waals surface area (Å²) in [5.41, 5.74) is 0.234. The lowest BCUT2D eigenvalue weighted by Gasteiger charge is -2.13. The molecule has 24 heavy (non-hydrogen) atoms. The largest absolute Gasteiger partial charge is 0.459 e. The first kappa shape index (κ1) is 20.0. The highest BCUT2D eigenvalue weighted by molar-refractivity contribution is 7.92. The first-order chi connectivity index (χ1) is 11.0. The van der Waals surface area contributed by atoms with Gasteiger partial charge in [0, 0.05) is 0 Å². The van der Waals surface area contributed by atoms with Gasteiger partial charge in [0.2, 0.25) is 10.0 Å². The third-order valence-corrected chi connectivity index (χ3v) is 4.05. The molecule has 0 saturated carbocycles. The van der Waals surface area contributed by atoms with Crippen molar-refractivity contribution in [2.24, 2.45) is 0 Å². The highest BCUT2D eigenvalue weighted by Gasteiger charge is 2.18. The average molecular weight is 357 g/mol. The van der Waals surface area contributed by atoms with Crippen LogP contribution in [0.25, 0.3) is 0 Å². The molecule has 0 heterocycles.